The predicted molar refractivity (Wildman–Crippen MR) is 99.1 cm³/mol. The number of rotatable bonds is 6. The Bertz CT molecular complexity index is 766. The SMILES string of the molecule is C[N+](C)(C)CCCNn1cc(-c2ccccc2)c2ccccc21. The molecule has 0 bridgehead atoms. The molecule has 3 nitrogen and oxygen atoms in total. The molecule has 0 fully saturated rings. The van der Waals surface area contributed by atoms with Gasteiger partial charge in [-0.15, -0.1) is 0 Å². The molecule has 0 radical (unpaired) electrons. The van der Waals surface area contributed by atoms with Crippen LogP contribution in [0.1, 0.15) is 6.42 Å². The molecule has 3 aromatic rings. The Morgan fingerprint density at radius 1 is 0.913 bits per heavy atom. The second-order valence-corrected chi connectivity index (χ2v) is 7.07. The molecule has 0 aliphatic heterocycles. The number of nitrogens with zero attached hydrogens (tertiary/aromatic N) is 2. The summed E-state index contributed by atoms with van der Waals surface area (Å²) in [7, 11) is 6.70. The quantitative estimate of drug-likeness (QED) is 0.539. The summed E-state index contributed by atoms with van der Waals surface area (Å²) in [6.07, 6.45) is 3.36. The molecule has 0 unspecified atom stereocenters. The van der Waals surface area contributed by atoms with Crippen LogP contribution >= 0.6 is 0 Å². The number of nitrogens with one attached hydrogen (secondary N) is 1. The average Bonchev–Trinajstić information content (AvgIpc) is 2.91. The fourth-order valence-electron chi connectivity index (χ4n) is 2.91. The summed E-state index contributed by atoms with van der Waals surface area (Å²) in [6, 6.07) is 19.2. The van der Waals surface area contributed by atoms with Crippen LogP contribution in [-0.2, 0) is 0 Å². The van der Waals surface area contributed by atoms with E-state index in [1.165, 1.54) is 22.0 Å². The Kier molecular flexibility index (Phi) is 4.39. The fourth-order valence-corrected chi connectivity index (χ4v) is 2.91. The fraction of sp³-hybridized carbons (Fsp3) is 0.300. The minimum Gasteiger partial charge on any atom is -0.331 e. The average molecular weight is 308 g/mol. The smallest absolute Gasteiger partial charge is 0.0798 e. The zero-order valence-corrected chi connectivity index (χ0v) is 14.3. The van der Waals surface area contributed by atoms with Gasteiger partial charge in [-0.3, -0.25) is 4.68 Å². The highest BCUT2D eigenvalue weighted by Crippen LogP contribution is 2.29. The molecule has 120 valence electrons. The van der Waals surface area contributed by atoms with Gasteiger partial charge in [-0.1, -0.05) is 48.5 Å². The number of hydrogen-bond donors (Lipinski definition) is 1. The van der Waals surface area contributed by atoms with Crippen molar-refractivity contribution in [1.29, 1.82) is 0 Å². The van der Waals surface area contributed by atoms with E-state index in [9.17, 15) is 0 Å². The molecule has 23 heavy (non-hydrogen) atoms. The van der Waals surface area contributed by atoms with Gasteiger partial charge in [0.15, 0.2) is 0 Å². The third-order valence-corrected chi connectivity index (χ3v) is 4.08. The van der Waals surface area contributed by atoms with Crippen LogP contribution in [0.25, 0.3) is 22.0 Å². The molecule has 1 aromatic heterocycles. The van der Waals surface area contributed by atoms with Crippen molar-refractivity contribution < 1.29 is 4.48 Å². The third-order valence-electron chi connectivity index (χ3n) is 4.08. The number of quaternary nitrogens is 1. The predicted octanol–water partition coefficient (Wildman–Crippen LogP) is 3.95. The zero-order valence-electron chi connectivity index (χ0n) is 14.3. The monoisotopic (exact) mass is 308 g/mol. The Morgan fingerprint density at radius 2 is 1.61 bits per heavy atom. The molecule has 0 aliphatic rings. The second kappa shape index (κ2) is 6.47. The van der Waals surface area contributed by atoms with Crippen molar-refractivity contribution >= 4 is 10.9 Å². The number of fused-ring (bicyclic) bond motifs is 1. The second-order valence-electron chi connectivity index (χ2n) is 7.07. The molecule has 0 amide bonds. The van der Waals surface area contributed by atoms with Gasteiger partial charge in [0.25, 0.3) is 0 Å². The van der Waals surface area contributed by atoms with E-state index in [0.29, 0.717) is 0 Å². The van der Waals surface area contributed by atoms with Gasteiger partial charge in [0.1, 0.15) is 0 Å². The Morgan fingerprint density at radius 3 is 2.35 bits per heavy atom. The summed E-state index contributed by atoms with van der Waals surface area (Å²) < 4.78 is 3.18. The van der Waals surface area contributed by atoms with E-state index >= 15 is 0 Å². The zero-order chi connectivity index (χ0) is 16.3. The van der Waals surface area contributed by atoms with E-state index in [4.69, 9.17) is 0 Å². The number of aromatic nitrogens is 1. The highest BCUT2D eigenvalue weighted by atomic mass is 15.4. The Balaban J connectivity index is 1.84. The lowest BCUT2D eigenvalue weighted by Crippen LogP contribution is -2.36. The highest BCUT2D eigenvalue weighted by molar-refractivity contribution is 5.96. The first-order valence-corrected chi connectivity index (χ1v) is 8.24. The van der Waals surface area contributed by atoms with Crippen LogP contribution < -0.4 is 5.43 Å². The van der Waals surface area contributed by atoms with Gasteiger partial charge in [-0.25, -0.2) is 0 Å². The van der Waals surface area contributed by atoms with Crippen LogP contribution in [0.3, 0.4) is 0 Å². The molecule has 2 aromatic carbocycles. The summed E-state index contributed by atoms with van der Waals surface area (Å²) in [6.45, 7) is 2.14. The van der Waals surface area contributed by atoms with Crippen LogP contribution in [0, 0.1) is 0 Å². The maximum atomic E-state index is 3.56. The first-order valence-electron chi connectivity index (χ1n) is 8.24. The molecule has 3 heteroatoms. The topological polar surface area (TPSA) is 17.0 Å². The summed E-state index contributed by atoms with van der Waals surface area (Å²) in [4.78, 5) is 0. The molecule has 0 atom stereocenters. The highest BCUT2D eigenvalue weighted by Gasteiger charge is 2.10. The standard InChI is InChI=1S/C20H26N3/c1-23(2,3)15-9-14-21-22-16-19(17-10-5-4-6-11-17)18-12-7-8-13-20(18)22/h4-8,10-13,16,21H,9,14-15H2,1-3H3/q+1. The van der Waals surface area contributed by atoms with Crippen molar-refractivity contribution in [3.63, 3.8) is 0 Å². The minimum absolute atomic E-state index is 0.975. The summed E-state index contributed by atoms with van der Waals surface area (Å²) >= 11 is 0. The Labute approximate surface area is 138 Å². The normalized spacial score (nSPS) is 11.8. The van der Waals surface area contributed by atoms with Gasteiger partial charge in [-0.05, 0) is 11.6 Å². The van der Waals surface area contributed by atoms with Gasteiger partial charge >= 0.3 is 0 Å². The van der Waals surface area contributed by atoms with E-state index in [0.717, 1.165) is 24.0 Å². The molecule has 0 aliphatic carbocycles. The molecule has 0 spiro atoms. The van der Waals surface area contributed by atoms with Crippen LogP contribution in [0.15, 0.2) is 60.8 Å². The van der Waals surface area contributed by atoms with Crippen LogP contribution in [0.2, 0.25) is 0 Å². The van der Waals surface area contributed by atoms with Crippen molar-refractivity contribution in [2.75, 3.05) is 39.7 Å². The van der Waals surface area contributed by atoms with Gasteiger partial charge in [0.2, 0.25) is 0 Å². The van der Waals surface area contributed by atoms with Crippen molar-refractivity contribution in [1.82, 2.24) is 4.68 Å². The maximum absolute atomic E-state index is 3.56. The first-order chi connectivity index (χ1) is 11.0. The first kappa shape index (κ1) is 15.6. The van der Waals surface area contributed by atoms with E-state index in [-0.39, 0.29) is 0 Å². The molecule has 1 N–H and O–H groups in total. The molecule has 3 rings (SSSR count). The van der Waals surface area contributed by atoms with Crippen molar-refractivity contribution in [2.45, 2.75) is 6.42 Å². The lowest BCUT2D eigenvalue weighted by Gasteiger charge is -2.23. The van der Waals surface area contributed by atoms with Gasteiger partial charge in [0.05, 0.1) is 33.2 Å². The van der Waals surface area contributed by atoms with Crippen molar-refractivity contribution in [3.05, 3.63) is 60.8 Å². The van der Waals surface area contributed by atoms with Crippen LogP contribution in [0.5, 0.6) is 0 Å². The van der Waals surface area contributed by atoms with E-state index in [1.807, 2.05) is 0 Å². The third kappa shape index (κ3) is 3.74. The number of para-hydroxylation sites is 1. The van der Waals surface area contributed by atoms with Crippen LogP contribution in [0.4, 0.5) is 0 Å². The summed E-state index contributed by atoms with van der Waals surface area (Å²) in [5.41, 5.74) is 7.33. The van der Waals surface area contributed by atoms with E-state index < -0.39 is 0 Å². The molecule has 1 heterocycles. The van der Waals surface area contributed by atoms with E-state index in [2.05, 4.69) is 92.0 Å². The molecular formula is C20H26N3+. The van der Waals surface area contributed by atoms with Crippen LogP contribution in [-0.4, -0.2) is 43.4 Å². The Hall–Kier alpha value is -2.26. The van der Waals surface area contributed by atoms with Gasteiger partial charge < -0.3 is 9.91 Å². The minimum atomic E-state index is 0.975. The summed E-state index contributed by atoms with van der Waals surface area (Å²) in [5, 5.41) is 1.29. The lowest BCUT2D eigenvalue weighted by molar-refractivity contribution is -0.870. The maximum Gasteiger partial charge on any atom is 0.0798 e. The molecule has 0 saturated carbocycles. The van der Waals surface area contributed by atoms with Gasteiger partial charge in [-0.2, -0.15) is 0 Å². The largest absolute Gasteiger partial charge is 0.331 e. The van der Waals surface area contributed by atoms with Crippen molar-refractivity contribution in [2.24, 2.45) is 0 Å². The summed E-state index contributed by atoms with van der Waals surface area (Å²) in [5.74, 6) is 0. The number of benzene rings is 2. The molecular weight excluding hydrogens is 282 g/mol. The van der Waals surface area contributed by atoms with Gasteiger partial charge in [0, 0.05) is 30.1 Å². The lowest BCUT2D eigenvalue weighted by atomic mass is 10.1. The van der Waals surface area contributed by atoms with E-state index in [1.54, 1.807) is 0 Å². The van der Waals surface area contributed by atoms with Crippen molar-refractivity contribution in [3.8, 4) is 11.1 Å². The number of hydrogen-bond acceptors (Lipinski definition) is 1. The molecule has 0 saturated heterocycles.